The van der Waals surface area contributed by atoms with Gasteiger partial charge in [0, 0.05) is 25.8 Å². The van der Waals surface area contributed by atoms with Crippen LogP contribution in [0.3, 0.4) is 0 Å². The van der Waals surface area contributed by atoms with Gasteiger partial charge in [-0.1, -0.05) is 0 Å². The molecule has 3 heterocycles. The lowest BCUT2D eigenvalue weighted by Crippen LogP contribution is -2.55. The van der Waals surface area contributed by atoms with Crippen LogP contribution in [0.25, 0.3) is 0 Å². The van der Waals surface area contributed by atoms with Gasteiger partial charge in [0.25, 0.3) is 0 Å². The minimum absolute atomic E-state index is 0.00478. The van der Waals surface area contributed by atoms with Crippen molar-refractivity contribution in [2.45, 2.75) is 18.5 Å². The highest BCUT2D eigenvalue weighted by Crippen LogP contribution is 2.25. The summed E-state index contributed by atoms with van der Waals surface area (Å²) in [7, 11) is 1.65. The highest BCUT2D eigenvalue weighted by Gasteiger charge is 2.44. The van der Waals surface area contributed by atoms with Crippen molar-refractivity contribution in [3.8, 4) is 6.07 Å². The fraction of sp³-hybridized carbons (Fsp3) is 0.429. The Balaban J connectivity index is 1.70. The number of nitriles is 1. The normalized spacial score (nSPS) is 24.8. The van der Waals surface area contributed by atoms with E-state index in [1.807, 2.05) is 6.07 Å². The van der Waals surface area contributed by atoms with Crippen LogP contribution in [-0.2, 0) is 9.59 Å². The van der Waals surface area contributed by atoms with Crippen molar-refractivity contribution >= 4 is 17.6 Å². The quantitative estimate of drug-likeness (QED) is 0.813. The number of pyridine rings is 1. The number of fused-ring (bicyclic) bond motifs is 1. The lowest BCUT2D eigenvalue weighted by molar-refractivity contribution is -0.152. The van der Waals surface area contributed by atoms with Crippen LogP contribution >= 0.6 is 0 Å². The number of hydrogen-bond acceptors (Lipinski definition) is 5. The Hall–Kier alpha value is -2.62. The van der Waals surface area contributed by atoms with Gasteiger partial charge in [-0.05, 0) is 18.6 Å². The molecule has 2 saturated heterocycles. The maximum absolute atomic E-state index is 12.1. The second-order valence-electron chi connectivity index (χ2n) is 5.38. The van der Waals surface area contributed by atoms with Crippen molar-refractivity contribution in [1.29, 1.82) is 5.26 Å². The van der Waals surface area contributed by atoms with Crippen molar-refractivity contribution < 1.29 is 9.59 Å². The zero-order chi connectivity index (χ0) is 15.0. The van der Waals surface area contributed by atoms with Crippen LogP contribution in [0.5, 0.6) is 0 Å². The van der Waals surface area contributed by atoms with Gasteiger partial charge >= 0.3 is 0 Å². The molecule has 2 aliphatic rings. The average molecular weight is 285 g/mol. The Morgan fingerprint density at radius 2 is 2.24 bits per heavy atom. The van der Waals surface area contributed by atoms with Gasteiger partial charge in [-0.25, -0.2) is 4.98 Å². The van der Waals surface area contributed by atoms with Crippen LogP contribution in [0.1, 0.15) is 12.0 Å². The molecule has 108 valence electrons. The Bertz CT molecular complexity index is 621. The molecule has 2 aliphatic heterocycles. The third-order valence-corrected chi connectivity index (χ3v) is 3.90. The predicted octanol–water partition coefficient (Wildman–Crippen LogP) is -0.193. The molecule has 0 aliphatic carbocycles. The van der Waals surface area contributed by atoms with E-state index in [-0.39, 0.29) is 30.4 Å². The van der Waals surface area contributed by atoms with E-state index in [0.29, 0.717) is 24.3 Å². The van der Waals surface area contributed by atoms with Gasteiger partial charge in [-0.3, -0.25) is 9.59 Å². The van der Waals surface area contributed by atoms with Crippen LogP contribution in [0.4, 0.5) is 5.82 Å². The van der Waals surface area contributed by atoms with Gasteiger partial charge in [-0.2, -0.15) is 5.26 Å². The van der Waals surface area contributed by atoms with Crippen molar-refractivity contribution in [2.75, 3.05) is 25.5 Å². The van der Waals surface area contributed by atoms with Crippen LogP contribution < -0.4 is 5.32 Å². The number of aromatic nitrogens is 1. The minimum Gasteiger partial charge on any atom is -0.365 e. The fourth-order valence-corrected chi connectivity index (χ4v) is 2.83. The number of likely N-dealkylation sites (N-methyl/N-ethyl adjacent to an activating group) is 1. The van der Waals surface area contributed by atoms with Gasteiger partial charge < -0.3 is 15.1 Å². The van der Waals surface area contributed by atoms with E-state index < -0.39 is 0 Å². The van der Waals surface area contributed by atoms with Crippen molar-refractivity contribution in [3.63, 3.8) is 0 Å². The zero-order valence-electron chi connectivity index (χ0n) is 11.6. The predicted molar refractivity (Wildman–Crippen MR) is 74.1 cm³/mol. The number of rotatable bonds is 2. The second-order valence-corrected chi connectivity index (χ2v) is 5.38. The summed E-state index contributed by atoms with van der Waals surface area (Å²) >= 11 is 0. The third-order valence-electron chi connectivity index (χ3n) is 3.90. The molecule has 2 fully saturated rings. The van der Waals surface area contributed by atoms with E-state index in [4.69, 9.17) is 5.26 Å². The lowest BCUT2D eigenvalue weighted by Gasteiger charge is -2.33. The summed E-state index contributed by atoms with van der Waals surface area (Å²) in [4.78, 5) is 31.3. The Labute approximate surface area is 122 Å². The molecular formula is C14H15N5O2. The molecule has 1 aromatic rings. The highest BCUT2D eigenvalue weighted by molar-refractivity contribution is 5.95. The van der Waals surface area contributed by atoms with E-state index in [9.17, 15) is 9.59 Å². The van der Waals surface area contributed by atoms with Gasteiger partial charge in [-0.15, -0.1) is 0 Å². The summed E-state index contributed by atoms with van der Waals surface area (Å²) in [5, 5.41) is 12.0. The van der Waals surface area contributed by atoms with Gasteiger partial charge in [0.2, 0.25) is 11.8 Å². The first-order chi connectivity index (χ1) is 10.1. The number of hydrogen-bond donors (Lipinski definition) is 1. The molecule has 0 unspecified atom stereocenters. The summed E-state index contributed by atoms with van der Waals surface area (Å²) in [6.45, 7) is 0.655. The molecule has 7 heteroatoms. The molecule has 0 bridgehead atoms. The molecule has 3 rings (SSSR count). The molecule has 2 atom stereocenters. The van der Waals surface area contributed by atoms with Crippen molar-refractivity contribution in [2.24, 2.45) is 0 Å². The standard InChI is InChI=1S/C14H15N5O2/c1-18-8-13(20)19-7-10(4-11(19)14(18)21)17-12-3-2-9(5-15)6-16-12/h2-3,6,10-11H,4,7-8H2,1H3,(H,16,17)/t10-,11+/m1/s1. The molecule has 0 aromatic carbocycles. The van der Waals surface area contributed by atoms with Crippen LogP contribution in [-0.4, -0.2) is 58.8 Å². The first kappa shape index (κ1) is 13.4. The molecule has 7 nitrogen and oxygen atoms in total. The SMILES string of the molecule is CN1CC(=O)N2C[C@H](Nc3ccc(C#N)cn3)C[C@H]2C1=O. The summed E-state index contributed by atoms with van der Waals surface area (Å²) in [6.07, 6.45) is 2.07. The topological polar surface area (TPSA) is 89.3 Å². The number of amides is 2. The lowest BCUT2D eigenvalue weighted by atomic mass is 10.1. The van der Waals surface area contributed by atoms with Crippen LogP contribution in [0, 0.1) is 11.3 Å². The average Bonchev–Trinajstić information content (AvgIpc) is 2.90. The van der Waals surface area contributed by atoms with Crippen LogP contribution in [0.15, 0.2) is 18.3 Å². The first-order valence-corrected chi connectivity index (χ1v) is 6.75. The van der Waals surface area contributed by atoms with E-state index in [1.165, 1.54) is 11.1 Å². The van der Waals surface area contributed by atoms with E-state index >= 15 is 0 Å². The van der Waals surface area contributed by atoms with Crippen LogP contribution in [0.2, 0.25) is 0 Å². The van der Waals surface area contributed by atoms with E-state index in [1.54, 1.807) is 24.1 Å². The number of nitrogens with zero attached hydrogens (tertiary/aromatic N) is 4. The maximum Gasteiger partial charge on any atom is 0.245 e. The summed E-state index contributed by atoms with van der Waals surface area (Å²) < 4.78 is 0. The number of piperazine rings is 1. The molecule has 0 saturated carbocycles. The number of carbonyl (C=O) groups excluding carboxylic acids is 2. The number of nitrogens with one attached hydrogen (secondary N) is 1. The smallest absolute Gasteiger partial charge is 0.245 e. The number of anilines is 1. The molecule has 0 radical (unpaired) electrons. The summed E-state index contributed by atoms with van der Waals surface area (Å²) in [5.41, 5.74) is 0.497. The zero-order valence-corrected chi connectivity index (χ0v) is 11.6. The minimum atomic E-state index is -0.368. The summed E-state index contributed by atoms with van der Waals surface area (Å²) in [6, 6.07) is 5.05. The van der Waals surface area contributed by atoms with Gasteiger partial charge in [0.1, 0.15) is 17.9 Å². The van der Waals surface area contributed by atoms with Gasteiger partial charge in [0.05, 0.1) is 12.1 Å². The Morgan fingerprint density at radius 3 is 2.90 bits per heavy atom. The molecule has 1 N–H and O–H groups in total. The molecule has 0 spiro atoms. The van der Waals surface area contributed by atoms with Gasteiger partial charge in [0.15, 0.2) is 0 Å². The highest BCUT2D eigenvalue weighted by atomic mass is 16.2. The van der Waals surface area contributed by atoms with Crippen molar-refractivity contribution in [1.82, 2.24) is 14.8 Å². The fourth-order valence-electron chi connectivity index (χ4n) is 2.83. The third kappa shape index (κ3) is 2.40. The molecule has 21 heavy (non-hydrogen) atoms. The Morgan fingerprint density at radius 1 is 1.43 bits per heavy atom. The van der Waals surface area contributed by atoms with E-state index in [0.717, 1.165) is 0 Å². The summed E-state index contributed by atoms with van der Waals surface area (Å²) in [5.74, 6) is 0.623. The molecule has 2 amide bonds. The number of carbonyl (C=O) groups is 2. The second kappa shape index (κ2) is 5.05. The maximum atomic E-state index is 12.1. The molecular weight excluding hydrogens is 270 g/mol. The Kier molecular flexibility index (Phi) is 3.22. The monoisotopic (exact) mass is 285 g/mol. The molecule has 1 aromatic heterocycles. The first-order valence-electron chi connectivity index (χ1n) is 6.75. The van der Waals surface area contributed by atoms with Crippen molar-refractivity contribution in [3.05, 3.63) is 23.9 Å². The largest absolute Gasteiger partial charge is 0.365 e. The van der Waals surface area contributed by atoms with E-state index in [2.05, 4.69) is 10.3 Å².